The van der Waals surface area contributed by atoms with Crippen molar-refractivity contribution in [2.75, 3.05) is 5.32 Å². The molecule has 0 aliphatic heterocycles. The van der Waals surface area contributed by atoms with Gasteiger partial charge in [-0.25, -0.2) is 4.98 Å². The van der Waals surface area contributed by atoms with Gasteiger partial charge in [0.1, 0.15) is 5.52 Å². The summed E-state index contributed by atoms with van der Waals surface area (Å²) < 4.78 is 5.50. The number of anilines is 1. The number of hydrogen-bond donors (Lipinski definition) is 1. The molecule has 1 N–H and O–H groups in total. The third kappa shape index (κ3) is 3.63. The molecule has 1 amide bonds. The van der Waals surface area contributed by atoms with Crippen molar-refractivity contribution >= 4 is 28.8 Å². The van der Waals surface area contributed by atoms with Gasteiger partial charge in [0, 0.05) is 17.8 Å². The van der Waals surface area contributed by atoms with E-state index in [9.17, 15) is 4.79 Å². The zero-order chi connectivity index (χ0) is 16.1. The zero-order valence-electron chi connectivity index (χ0n) is 12.2. The molecule has 0 bridgehead atoms. The van der Waals surface area contributed by atoms with Crippen LogP contribution in [0.1, 0.15) is 11.5 Å². The van der Waals surface area contributed by atoms with Crippen LogP contribution in [0, 0.1) is 11.3 Å². The summed E-state index contributed by atoms with van der Waals surface area (Å²) in [6, 6.07) is 16.6. The molecule has 1 heterocycles. The molecule has 0 saturated carbocycles. The third-order valence-corrected chi connectivity index (χ3v) is 3.19. The van der Waals surface area contributed by atoms with E-state index in [2.05, 4.69) is 16.4 Å². The standard InChI is InChI=1S/C18H13N3O2/c19-12-11-13-5-7-14(8-6-13)20-17(22)9-10-18-21-15-3-1-2-4-16(15)23-18/h1-10H,11H2,(H,20,22)/b10-9+. The molecule has 0 fully saturated rings. The van der Waals surface area contributed by atoms with Crippen LogP contribution in [0.3, 0.4) is 0 Å². The number of benzene rings is 2. The van der Waals surface area contributed by atoms with Crippen molar-refractivity contribution < 1.29 is 9.21 Å². The first-order valence-electron chi connectivity index (χ1n) is 7.05. The molecule has 0 spiro atoms. The number of aromatic nitrogens is 1. The highest BCUT2D eigenvalue weighted by molar-refractivity contribution is 6.01. The number of fused-ring (bicyclic) bond motifs is 1. The predicted molar refractivity (Wildman–Crippen MR) is 87.4 cm³/mol. The monoisotopic (exact) mass is 303 g/mol. The third-order valence-electron chi connectivity index (χ3n) is 3.19. The Labute approximate surface area is 132 Å². The second-order valence-electron chi connectivity index (χ2n) is 4.87. The van der Waals surface area contributed by atoms with Crippen molar-refractivity contribution in [1.82, 2.24) is 4.98 Å². The number of carbonyl (C=O) groups excluding carboxylic acids is 1. The number of para-hydroxylation sites is 2. The summed E-state index contributed by atoms with van der Waals surface area (Å²) in [5, 5.41) is 11.4. The Hall–Kier alpha value is -3.39. The number of nitrogens with zero attached hydrogens (tertiary/aromatic N) is 2. The van der Waals surface area contributed by atoms with Crippen LogP contribution in [-0.2, 0) is 11.2 Å². The van der Waals surface area contributed by atoms with E-state index >= 15 is 0 Å². The summed E-state index contributed by atoms with van der Waals surface area (Å²) in [4.78, 5) is 16.2. The summed E-state index contributed by atoms with van der Waals surface area (Å²) in [6.07, 6.45) is 3.25. The number of amides is 1. The van der Waals surface area contributed by atoms with Gasteiger partial charge in [0.15, 0.2) is 5.58 Å². The number of oxazole rings is 1. The van der Waals surface area contributed by atoms with Gasteiger partial charge in [0.05, 0.1) is 12.5 Å². The topological polar surface area (TPSA) is 78.9 Å². The van der Waals surface area contributed by atoms with Crippen molar-refractivity contribution in [2.24, 2.45) is 0 Å². The fourth-order valence-electron chi connectivity index (χ4n) is 2.09. The lowest BCUT2D eigenvalue weighted by Crippen LogP contribution is -2.07. The van der Waals surface area contributed by atoms with Crippen molar-refractivity contribution in [3.05, 3.63) is 66.1 Å². The number of carbonyl (C=O) groups is 1. The number of hydrogen-bond acceptors (Lipinski definition) is 4. The molecule has 3 aromatic rings. The summed E-state index contributed by atoms with van der Waals surface area (Å²) in [6.45, 7) is 0. The average Bonchev–Trinajstić information content (AvgIpc) is 2.98. The molecule has 112 valence electrons. The van der Waals surface area contributed by atoms with Gasteiger partial charge in [0.25, 0.3) is 0 Å². The number of nitriles is 1. The largest absolute Gasteiger partial charge is 0.437 e. The van der Waals surface area contributed by atoms with Crippen molar-refractivity contribution in [2.45, 2.75) is 6.42 Å². The lowest BCUT2D eigenvalue weighted by Gasteiger charge is -2.02. The minimum Gasteiger partial charge on any atom is -0.437 e. The molecule has 2 aromatic carbocycles. The van der Waals surface area contributed by atoms with Crippen molar-refractivity contribution in [3.8, 4) is 6.07 Å². The van der Waals surface area contributed by atoms with Crippen LogP contribution >= 0.6 is 0 Å². The van der Waals surface area contributed by atoms with Crippen LogP contribution in [0.4, 0.5) is 5.69 Å². The zero-order valence-corrected chi connectivity index (χ0v) is 12.2. The number of rotatable bonds is 4. The van der Waals surface area contributed by atoms with Gasteiger partial charge in [0.2, 0.25) is 11.8 Å². The van der Waals surface area contributed by atoms with E-state index in [1.807, 2.05) is 36.4 Å². The first kappa shape index (κ1) is 14.5. The van der Waals surface area contributed by atoms with Gasteiger partial charge in [-0.2, -0.15) is 5.26 Å². The van der Waals surface area contributed by atoms with Crippen molar-refractivity contribution in [3.63, 3.8) is 0 Å². The minimum absolute atomic E-state index is 0.278. The van der Waals surface area contributed by atoms with Crippen LogP contribution in [0.25, 0.3) is 17.2 Å². The van der Waals surface area contributed by atoms with Crippen LogP contribution in [0.2, 0.25) is 0 Å². The maximum atomic E-state index is 11.9. The Bertz CT molecular complexity index is 869. The minimum atomic E-state index is -0.278. The maximum Gasteiger partial charge on any atom is 0.248 e. The Balaban J connectivity index is 1.65. The fraction of sp³-hybridized carbons (Fsp3) is 0.0556. The van der Waals surface area contributed by atoms with E-state index in [-0.39, 0.29) is 5.91 Å². The lowest BCUT2D eigenvalue weighted by molar-refractivity contribution is -0.111. The van der Waals surface area contributed by atoms with Gasteiger partial charge in [-0.15, -0.1) is 0 Å². The summed E-state index contributed by atoms with van der Waals surface area (Å²) in [5.74, 6) is 0.103. The highest BCUT2D eigenvalue weighted by Gasteiger charge is 2.03. The first-order valence-corrected chi connectivity index (χ1v) is 7.05. The van der Waals surface area contributed by atoms with E-state index in [0.29, 0.717) is 23.6 Å². The molecule has 0 unspecified atom stereocenters. The molecule has 5 heteroatoms. The molecule has 0 saturated heterocycles. The molecule has 0 radical (unpaired) electrons. The Morgan fingerprint density at radius 2 is 2.00 bits per heavy atom. The van der Waals surface area contributed by atoms with E-state index in [0.717, 1.165) is 11.1 Å². The van der Waals surface area contributed by atoms with Gasteiger partial charge in [-0.1, -0.05) is 24.3 Å². The molecular formula is C18H13N3O2. The highest BCUT2D eigenvalue weighted by Crippen LogP contribution is 2.15. The van der Waals surface area contributed by atoms with Crippen LogP contribution in [0.15, 0.2) is 59.0 Å². The second-order valence-corrected chi connectivity index (χ2v) is 4.87. The Morgan fingerprint density at radius 3 is 2.74 bits per heavy atom. The van der Waals surface area contributed by atoms with Crippen LogP contribution in [-0.4, -0.2) is 10.9 Å². The van der Waals surface area contributed by atoms with E-state index in [1.54, 1.807) is 12.1 Å². The molecule has 5 nitrogen and oxygen atoms in total. The molecule has 0 aliphatic carbocycles. The van der Waals surface area contributed by atoms with Gasteiger partial charge in [-0.05, 0) is 29.8 Å². The molecule has 23 heavy (non-hydrogen) atoms. The van der Waals surface area contributed by atoms with E-state index in [4.69, 9.17) is 9.68 Å². The lowest BCUT2D eigenvalue weighted by atomic mass is 10.1. The number of nitrogens with one attached hydrogen (secondary N) is 1. The molecule has 3 rings (SSSR count). The molecule has 0 aliphatic rings. The van der Waals surface area contributed by atoms with Crippen molar-refractivity contribution in [1.29, 1.82) is 5.26 Å². The normalized spacial score (nSPS) is 10.7. The van der Waals surface area contributed by atoms with Crippen LogP contribution < -0.4 is 5.32 Å². The predicted octanol–water partition coefficient (Wildman–Crippen LogP) is 3.55. The Kier molecular flexibility index (Phi) is 4.16. The van der Waals surface area contributed by atoms with Gasteiger partial charge < -0.3 is 9.73 Å². The molecule has 0 atom stereocenters. The summed E-state index contributed by atoms with van der Waals surface area (Å²) >= 11 is 0. The fourth-order valence-corrected chi connectivity index (χ4v) is 2.09. The molecular weight excluding hydrogens is 290 g/mol. The highest BCUT2D eigenvalue weighted by atomic mass is 16.3. The first-order chi connectivity index (χ1) is 11.2. The summed E-state index contributed by atoms with van der Waals surface area (Å²) in [7, 11) is 0. The van der Waals surface area contributed by atoms with E-state index in [1.165, 1.54) is 12.2 Å². The average molecular weight is 303 g/mol. The smallest absolute Gasteiger partial charge is 0.248 e. The quantitative estimate of drug-likeness (QED) is 0.748. The maximum absolute atomic E-state index is 11.9. The van der Waals surface area contributed by atoms with Crippen LogP contribution in [0.5, 0.6) is 0 Å². The van der Waals surface area contributed by atoms with Gasteiger partial charge >= 0.3 is 0 Å². The van der Waals surface area contributed by atoms with E-state index < -0.39 is 0 Å². The Morgan fingerprint density at radius 1 is 1.22 bits per heavy atom. The molecule has 1 aromatic heterocycles. The second kappa shape index (κ2) is 6.58. The summed E-state index contributed by atoms with van der Waals surface area (Å²) in [5.41, 5.74) is 3.01. The SMILES string of the molecule is N#CCc1ccc(NC(=O)/C=C/c2nc3ccccc3o2)cc1. The van der Waals surface area contributed by atoms with Gasteiger partial charge in [-0.3, -0.25) is 4.79 Å².